The summed E-state index contributed by atoms with van der Waals surface area (Å²) < 4.78 is 11.5. The van der Waals surface area contributed by atoms with Crippen LogP contribution in [0.15, 0.2) is 78.9 Å². The lowest BCUT2D eigenvalue weighted by molar-refractivity contribution is -0.144. The predicted molar refractivity (Wildman–Crippen MR) is 160 cm³/mol. The number of aromatic nitrogens is 1. The van der Waals surface area contributed by atoms with Gasteiger partial charge in [0.2, 0.25) is 5.91 Å². The van der Waals surface area contributed by atoms with E-state index in [2.05, 4.69) is 0 Å². The third kappa shape index (κ3) is 5.79. The zero-order valence-electron chi connectivity index (χ0n) is 24.0. The van der Waals surface area contributed by atoms with Gasteiger partial charge in [0, 0.05) is 23.1 Å². The molecule has 2 atom stereocenters. The largest absolute Gasteiger partial charge is 0.497 e. The van der Waals surface area contributed by atoms with Gasteiger partial charge < -0.3 is 20.1 Å². The Kier molecular flexibility index (Phi) is 8.42. The van der Waals surface area contributed by atoms with Gasteiger partial charge in [0.25, 0.3) is 5.91 Å². The van der Waals surface area contributed by atoms with Crippen molar-refractivity contribution in [2.24, 2.45) is 11.7 Å². The lowest BCUT2D eigenvalue weighted by Crippen LogP contribution is -2.52. The van der Waals surface area contributed by atoms with Crippen LogP contribution in [0.4, 0.5) is 0 Å². The molecule has 218 valence electrons. The molecule has 42 heavy (non-hydrogen) atoms. The minimum Gasteiger partial charge on any atom is -0.497 e. The maximum absolute atomic E-state index is 13.5. The number of methoxy groups -OCH3 is 1. The van der Waals surface area contributed by atoms with Crippen LogP contribution < -0.4 is 20.7 Å². The first-order valence-electron chi connectivity index (χ1n) is 14.0. The third-order valence-corrected chi connectivity index (χ3v) is 7.82. The van der Waals surface area contributed by atoms with Gasteiger partial charge in [-0.3, -0.25) is 14.8 Å². The van der Waals surface area contributed by atoms with Gasteiger partial charge >= 0.3 is 0 Å². The first-order valence-corrected chi connectivity index (χ1v) is 14.0. The van der Waals surface area contributed by atoms with Gasteiger partial charge in [-0.1, -0.05) is 44.2 Å². The number of nitrogens with one attached hydrogen (secondary N) is 1. The molecule has 0 saturated carbocycles. The number of ether oxygens (including phenoxy) is 2. The zero-order chi connectivity index (χ0) is 29.9. The summed E-state index contributed by atoms with van der Waals surface area (Å²) in [7, 11) is 1.64. The molecule has 4 aromatic rings. The molecule has 0 bridgehead atoms. The number of nitrogens with zero attached hydrogens (tertiary/aromatic N) is 2. The molecule has 0 aliphatic carbocycles. The number of rotatable bonds is 10. The van der Waals surface area contributed by atoms with Gasteiger partial charge in [0.05, 0.1) is 18.3 Å². The number of hydrogen-bond acceptors (Lipinski definition) is 7. The standard InChI is InChI=1S/C33H36N4O5/c1-21(2)18-30(31(38)36-40)37-17-16-33(34,32(37)39)24-10-14-26(15-11-24)42-20-23-19-29(22-8-12-25(41-3)13-9-22)35-28-7-5-4-6-27(23)28/h4-15,19,21,30,40H,16-18,20,34H2,1-3H3,(H,36,38)/t30-,33-/m1/s1. The molecule has 9 heteroatoms. The van der Waals surface area contributed by atoms with Crippen molar-refractivity contribution in [1.29, 1.82) is 0 Å². The lowest BCUT2D eigenvalue weighted by Gasteiger charge is -2.30. The van der Waals surface area contributed by atoms with E-state index in [1.807, 2.05) is 68.4 Å². The number of benzene rings is 3. The third-order valence-electron chi connectivity index (χ3n) is 7.82. The lowest BCUT2D eigenvalue weighted by atomic mass is 9.89. The molecule has 1 aliphatic rings. The molecule has 9 nitrogen and oxygen atoms in total. The predicted octanol–water partition coefficient (Wildman–Crippen LogP) is 4.80. The minimum absolute atomic E-state index is 0.147. The Hall–Kier alpha value is -4.47. The Labute approximate surface area is 245 Å². The Bertz CT molecular complexity index is 1570. The SMILES string of the molecule is COc1ccc(-c2cc(COc3ccc([C@]4(N)CCN([C@H](CC(C)C)C(=O)NO)C4=O)cc3)c3ccccc3n2)cc1. The summed E-state index contributed by atoms with van der Waals surface area (Å²) in [6, 6.07) is 24.2. The van der Waals surface area contributed by atoms with E-state index in [1.54, 1.807) is 36.9 Å². The summed E-state index contributed by atoms with van der Waals surface area (Å²) in [6.45, 7) is 4.56. The highest BCUT2D eigenvalue weighted by Crippen LogP contribution is 2.34. The molecule has 0 spiro atoms. The van der Waals surface area contributed by atoms with Crippen LogP contribution in [0.25, 0.3) is 22.2 Å². The second-order valence-corrected chi connectivity index (χ2v) is 11.1. The average molecular weight is 569 g/mol. The molecule has 0 unspecified atom stereocenters. The Morgan fingerprint density at radius 1 is 1.07 bits per heavy atom. The highest BCUT2D eigenvalue weighted by Gasteiger charge is 2.48. The molecule has 5 rings (SSSR count). The summed E-state index contributed by atoms with van der Waals surface area (Å²) in [6.07, 6.45) is 0.779. The van der Waals surface area contributed by atoms with Gasteiger partial charge in [-0.15, -0.1) is 0 Å². The fourth-order valence-corrected chi connectivity index (χ4v) is 5.51. The molecular weight excluding hydrogens is 532 g/mol. The van der Waals surface area contributed by atoms with Crippen LogP contribution in [0, 0.1) is 5.92 Å². The number of hydroxylamine groups is 1. The zero-order valence-corrected chi connectivity index (χ0v) is 24.0. The number of nitrogens with two attached hydrogens (primary N) is 1. The van der Waals surface area contributed by atoms with Crippen molar-refractivity contribution in [3.8, 4) is 22.8 Å². The van der Waals surface area contributed by atoms with Crippen LogP contribution in [0.1, 0.15) is 37.8 Å². The van der Waals surface area contributed by atoms with E-state index >= 15 is 0 Å². The summed E-state index contributed by atoms with van der Waals surface area (Å²) >= 11 is 0. The number of pyridine rings is 1. The number of amides is 2. The average Bonchev–Trinajstić information content (AvgIpc) is 3.32. The monoisotopic (exact) mass is 568 g/mol. The van der Waals surface area contributed by atoms with Crippen LogP contribution in [-0.2, 0) is 21.7 Å². The molecule has 2 heterocycles. The van der Waals surface area contributed by atoms with Crippen molar-refractivity contribution in [2.75, 3.05) is 13.7 Å². The number of likely N-dealkylation sites (tertiary alicyclic amines) is 1. The Balaban J connectivity index is 1.34. The Morgan fingerprint density at radius 2 is 1.76 bits per heavy atom. The van der Waals surface area contributed by atoms with Crippen LogP contribution in [-0.4, -0.2) is 46.6 Å². The van der Waals surface area contributed by atoms with Crippen molar-refractivity contribution >= 4 is 22.7 Å². The summed E-state index contributed by atoms with van der Waals surface area (Å²) in [5, 5.41) is 10.2. The smallest absolute Gasteiger partial charge is 0.266 e. The second kappa shape index (κ2) is 12.2. The van der Waals surface area contributed by atoms with Gasteiger partial charge in [0.1, 0.15) is 29.7 Å². The van der Waals surface area contributed by atoms with Crippen LogP contribution in [0.2, 0.25) is 0 Å². The summed E-state index contributed by atoms with van der Waals surface area (Å²) in [5.74, 6) is 0.621. The molecule has 1 aliphatic heterocycles. The van der Waals surface area contributed by atoms with Crippen molar-refractivity contribution < 1.29 is 24.3 Å². The maximum atomic E-state index is 13.5. The van der Waals surface area contributed by atoms with E-state index in [4.69, 9.17) is 20.2 Å². The number of fused-ring (bicyclic) bond motifs is 1. The van der Waals surface area contributed by atoms with Gasteiger partial charge in [-0.05, 0) is 72.9 Å². The first-order chi connectivity index (χ1) is 20.2. The maximum Gasteiger partial charge on any atom is 0.266 e. The molecule has 1 saturated heterocycles. The van der Waals surface area contributed by atoms with Crippen LogP contribution in [0.5, 0.6) is 11.5 Å². The first kappa shape index (κ1) is 29.0. The molecule has 4 N–H and O–H groups in total. The number of carbonyl (C=O) groups excluding carboxylic acids is 2. The van der Waals surface area contributed by atoms with Crippen LogP contribution >= 0.6 is 0 Å². The fourth-order valence-electron chi connectivity index (χ4n) is 5.51. The van der Waals surface area contributed by atoms with Gasteiger partial charge in [-0.2, -0.15) is 0 Å². The number of carbonyl (C=O) groups is 2. The highest BCUT2D eigenvalue weighted by molar-refractivity contribution is 5.94. The normalized spacial score (nSPS) is 17.5. The molecular formula is C33H36N4O5. The summed E-state index contributed by atoms with van der Waals surface area (Å²) in [5.41, 5.74) is 11.4. The van der Waals surface area contributed by atoms with E-state index in [0.29, 0.717) is 37.3 Å². The second-order valence-electron chi connectivity index (χ2n) is 11.1. The number of para-hydroxylation sites is 1. The van der Waals surface area contributed by atoms with E-state index < -0.39 is 17.5 Å². The van der Waals surface area contributed by atoms with E-state index in [0.717, 1.165) is 33.5 Å². The van der Waals surface area contributed by atoms with Crippen molar-refractivity contribution in [3.05, 3.63) is 90.0 Å². The van der Waals surface area contributed by atoms with Crippen molar-refractivity contribution in [3.63, 3.8) is 0 Å². The van der Waals surface area contributed by atoms with E-state index in [9.17, 15) is 14.8 Å². The van der Waals surface area contributed by atoms with Gasteiger partial charge in [0.15, 0.2) is 0 Å². The topological polar surface area (TPSA) is 127 Å². The van der Waals surface area contributed by atoms with E-state index in [-0.39, 0.29) is 11.8 Å². The number of hydrogen-bond donors (Lipinski definition) is 3. The van der Waals surface area contributed by atoms with Gasteiger partial charge in [-0.25, -0.2) is 10.5 Å². The fraction of sp³-hybridized carbons (Fsp3) is 0.303. The Morgan fingerprint density at radius 3 is 2.43 bits per heavy atom. The van der Waals surface area contributed by atoms with Crippen molar-refractivity contribution in [1.82, 2.24) is 15.4 Å². The highest BCUT2D eigenvalue weighted by atomic mass is 16.5. The van der Waals surface area contributed by atoms with Crippen molar-refractivity contribution in [2.45, 2.75) is 44.9 Å². The molecule has 1 fully saturated rings. The quantitative estimate of drug-likeness (QED) is 0.185. The van der Waals surface area contributed by atoms with Crippen LogP contribution in [0.3, 0.4) is 0 Å². The molecule has 1 aromatic heterocycles. The molecule has 3 aromatic carbocycles. The summed E-state index contributed by atoms with van der Waals surface area (Å²) in [4.78, 5) is 32.1. The molecule has 0 radical (unpaired) electrons. The minimum atomic E-state index is -1.27. The van der Waals surface area contributed by atoms with E-state index in [1.165, 1.54) is 4.90 Å². The molecule has 2 amide bonds.